The molecule has 2 heterocycles. The van der Waals surface area contributed by atoms with Gasteiger partial charge in [0.1, 0.15) is 0 Å². The van der Waals surface area contributed by atoms with Gasteiger partial charge in [-0.15, -0.1) is 10.2 Å². The Morgan fingerprint density at radius 3 is 2.64 bits per heavy atom. The Bertz CT molecular complexity index is 732. The van der Waals surface area contributed by atoms with Crippen LogP contribution in [0, 0.1) is 5.41 Å². The molecule has 0 aliphatic heterocycles. The first-order chi connectivity index (χ1) is 11.8. The summed E-state index contributed by atoms with van der Waals surface area (Å²) in [5, 5.41) is 14.0. The maximum atomic E-state index is 12.2. The van der Waals surface area contributed by atoms with Crippen LogP contribution in [0.15, 0.2) is 24.4 Å². The molecule has 7 heteroatoms. The third kappa shape index (κ3) is 5.55. The van der Waals surface area contributed by atoms with E-state index in [1.54, 1.807) is 0 Å². The number of hydrogen-bond donors (Lipinski definition) is 2. The van der Waals surface area contributed by atoms with Crippen molar-refractivity contribution < 1.29 is 9.59 Å². The predicted octanol–water partition coefficient (Wildman–Crippen LogP) is 2.24. The molecule has 0 saturated heterocycles. The van der Waals surface area contributed by atoms with Gasteiger partial charge in [0.25, 0.3) is 0 Å². The third-order valence-corrected chi connectivity index (χ3v) is 3.70. The fraction of sp³-hybridized carbons (Fsp3) is 0.556. The van der Waals surface area contributed by atoms with Crippen molar-refractivity contribution in [3.63, 3.8) is 0 Å². The summed E-state index contributed by atoms with van der Waals surface area (Å²) in [7, 11) is 0. The number of carbonyl (C=O) groups is 2. The van der Waals surface area contributed by atoms with Crippen LogP contribution in [0.4, 0.5) is 0 Å². The predicted molar refractivity (Wildman–Crippen MR) is 95.9 cm³/mol. The van der Waals surface area contributed by atoms with Crippen LogP contribution in [-0.2, 0) is 9.59 Å². The van der Waals surface area contributed by atoms with E-state index in [-0.39, 0.29) is 29.8 Å². The minimum Gasteiger partial charge on any atom is -0.347 e. The third-order valence-electron chi connectivity index (χ3n) is 3.70. The number of rotatable bonds is 7. The Morgan fingerprint density at radius 1 is 1.20 bits per heavy atom. The van der Waals surface area contributed by atoms with Crippen LogP contribution in [-0.4, -0.2) is 33.0 Å². The minimum atomic E-state index is -0.241. The summed E-state index contributed by atoms with van der Waals surface area (Å²) in [6.07, 6.45) is 3.90. The van der Waals surface area contributed by atoms with Gasteiger partial charge in [0.15, 0.2) is 11.5 Å². The van der Waals surface area contributed by atoms with Crippen molar-refractivity contribution in [1.29, 1.82) is 0 Å². The molecule has 25 heavy (non-hydrogen) atoms. The second-order valence-electron chi connectivity index (χ2n) is 7.41. The van der Waals surface area contributed by atoms with E-state index in [2.05, 4.69) is 20.8 Å². The molecule has 1 unspecified atom stereocenters. The monoisotopic (exact) mass is 345 g/mol. The first kappa shape index (κ1) is 18.9. The average molecular weight is 345 g/mol. The molecule has 0 aliphatic carbocycles. The molecule has 1 atom stereocenters. The molecule has 2 N–H and O–H groups in total. The van der Waals surface area contributed by atoms with Crippen LogP contribution in [0.2, 0.25) is 0 Å². The number of amides is 2. The summed E-state index contributed by atoms with van der Waals surface area (Å²) in [4.78, 5) is 24.1. The van der Waals surface area contributed by atoms with Crippen molar-refractivity contribution in [2.24, 2.45) is 5.41 Å². The van der Waals surface area contributed by atoms with Crippen molar-refractivity contribution in [3.05, 3.63) is 30.2 Å². The number of fused-ring (bicyclic) bond motifs is 1. The van der Waals surface area contributed by atoms with Gasteiger partial charge in [-0.3, -0.25) is 14.0 Å². The molecule has 0 saturated carbocycles. The van der Waals surface area contributed by atoms with E-state index in [0.717, 1.165) is 18.5 Å². The molecule has 0 spiro atoms. The zero-order valence-corrected chi connectivity index (χ0v) is 15.4. The van der Waals surface area contributed by atoms with Crippen LogP contribution in [0.25, 0.3) is 5.65 Å². The number of nitrogens with zero attached hydrogens (tertiary/aromatic N) is 3. The van der Waals surface area contributed by atoms with E-state index < -0.39 is 0 Å². The maximum absolute atomic E-state index is 12.2. The Labute approximate surface area is 148 Å². The lowest BCUT2D eigenvalue weighted by atomic mass is 9.92. The van der Waals surface area contributed by atoms with Crippen LogP contribution < -0.4 is 10.6 Å². The van der Waals surface area contributed by atoms with Crippen molar-refractivity contribution in [2.45, 2.75) is 53.0 Å². The summed E-state index contributed by atoms with van der Waals surface area (Å²) in [6, 6.07) is 5.42. The number of pyridine rings is 1. The molecule has 0 bridgehead atoms. The van der Waals surface area contributed by atoms with Gasteiger partial charge in [0, 0.05) is 12.6 Å². The molecule has 7 nitrogen and oxygen atoms in total. The normalized spacial score (nSPS) is 12.8. The molecular weight excluding hydrogens is 318 g/mol. The van der Waals surface area contributed by atoms with Crippen LogP contribution >= 0.6 is 0 Å². The number of carbonyl (C=O) groups excluding carboxylic acids is 2. The minimum absolute atomic E-state index is 0.0358. The highest BCUT2D eigenvalue weighted by Gasteiger charge is 2.21. The van der Waals surface area contributed by atoms with Crippen molar-refractivity contribution in [2.75, 3.05) is 6.54 Å². The second-order valence-corrected chi connectivity index (χ2v) is 7.41. The maximum Gasteiger partial charge on any atom is 0.239 e. The molecule has 0 radical (unpaired) electrons. The van der Waals surface area contributed by atoms with Gasteiger partial charge in [-0.2, -0.15) is 0 Å². The number of nitrogens with one attached hydrogen (secondary N) is 2. The molecule has 2 aromatic rings. The first-order valence-corrected chi connectivity index (χ1v) is 8.66. The van der Waals surface area contributed by atoms with Gasteiger partial charge < -0.3 is 10.6 Å². The smallest absolute Gasteiger partial charge is 0.239 e. The highest BCUT2D eigenvalue weighted by atomic mass is 16.2. The summed E-state index contributed by atoms with van der Waals surface area (Å²) in [5.41, 5.74) is 0.637. The number of aromatic nitrogens is 3. The fourth-order valence-corrected chi connectivity index (χ4v) is 2.62. The van der Waals surface area contributed by atoms with E-state index >= 15 is 0 Å². The van der Waals surface area contributed by atoms with E-state index in [4.69, 9.17) is 0 Å². The molecule has 2 rings (SSSR count). The molecule has 0 aromatic carbocycles. The summed E-state index contributed by atoms with van der Waals surface area (Å²) in [6.45, 7) is 7.97. The van der Waals surface area contributed by atoms with Gasteiger partial charge in [0.05, 0.1) is 12.6 Å². The SMILES string of the molecule is CCCC(NC(=O)CNC(=O)CC(C)(C)C)c1nnc2ccccn12. The molecule has 136 valence electrons. The van der Waals surface area contributed by atoms with Crippen molar-refractivity contribution >= 4 is 17.5 Å². The lowest BCUT2D eigenvalue weighted by molar-refractivity contribution is -0.127. The summed E-state index contributed by atoms with van der Waals surface area (Å²) < 4.78 is 1.87. The molecular formula is C18H27N5O2. The zero-order valence-electron chi connectivity index (χ0n) is 15.4. The zero-order chi connectivity index (χ0) is 18.4. The summed E-state index contributed by atoms with van der Waals surface area (Å²) >= 11 is 0. The van der Waals surface area contributed by atoms with Gasteiger partial charge in [-0.1, -0.05) is 40.2 Å². The Hall–Kier alpha value is -2.44. The van der Waals surface area contributed by atoms with Gasteiger partial charge in [0.2, 0.25) is 11.8 Å². The van der Waals surface area contributed by atoms with Crippen LogP contribution in [0.3, 0.4) is 0 Å². The molecule has 2 aromatic heterocycles. The van der Waals surface area contributed by atoms with Crippen LogP contribution in [0.5, 0.6) is 0 Å². The number of hydrogen-bond acceptors (Lipinski definition) is 4. The topological polar surface area (TPSA) is 88.4 Å². The van der Waals surface area contributed by atoms with Crippen molar-refractivity contribution in [1.82, 2.24) is 25.2 Å². The van der Waals surface area contributed by atoms with Crippen LogP contribution in [0.1, 0.15) is 58.8 Å². The lowest BCUT2D eigenvalue weighted by Crippen LogP contribution is -2.40. The Balaban J connectivity index is 1.99. The highest BCUT2D eigenvalue weighted by Crippen LogP contribution is 2.18. The Kier molecular flexibility index (Phi) is 6.12. The van der Waals surface area contributed by atoms with E-state index in [9.17, 15) is 9.59 Å². The lowest BCUT2D eigenvalue weighted by Gasteiger charge is -2.19. The highest BCUT2D eigenvalue weighted by molar-refractivity contribution is 5.85. The van der Waals surface area contributed by atoms with Gasteiger partial charge in [-0.05, 0) is 24.0 Å². The molecule has 0 fully saturated rings. The van der Waals surface area contributed by atoms with E-state index in [1.807, 2.05) is 56.5 Å². The Morgan fingerprint density at radius 2 is 1.96 bits per heavy atom. The molecule has 0 aliphatic rings. The fourth-order valence-electron chi connectivity index (χ4n) is 2.62. The largest absolute Gasteiger partial charge is 0.347 e. The van der Waals surface area contributed by atoms with E-state index in [1.165, 1.54) is 0 Å². The van der Waals surface area contributed by atoms with E-state index in [0.29, 0.717) is 12.2 Å². The second kappa shape index (κ2) is 8.09. The quantitative estimate of drug-likeness (QED) is 0.805. The van der Waals surface area contributed by atoms with Gasteiger partial charge >= 0.3 is 0 Å². The van der Waals surface area contributed by atoms with Crippen molar-refractivity contribution in [3.8, 4) is 0 Å². The molecule has 2 amide bonds. The average Bonchev–Trinajstić information content (AvgIpc) is 2.95. The van der Waals surface area contributed by atoms with Gasteiger partial charge in [-0.25, -0.2) is 0 Å². The summed E-state index contributed by atoms with van der Waals surface area (Å²) in [5.74, 6) is 0.350. The first-order valence-electron chi connectivity index (χ1n) is 8.66. The standard InChI is InChI=1S/C18H27N5O2/c1-5-8-13(17-22-21-14-9-6-7-10-23(14)17)20-16(25)12-19-15(24)11-18(2,3)4/h6-7,9-10,13H,5,8,11-12H2,1-4H3,(H,19,24)(H,20,25).